The monoisotopic (exact) mass is 461 g/mol. The van der Waals surface area contributed by atoms with Crippen LogP contribution in [0.1, 0.15) is 123 Å². The first-order valence-corrected chi connectivity index (χ1v) is 13.3. The number of carboxylic acid groups (broad SMARTS) is 1. The number of nitrogens with zero attached hydrogens (tertiary/aromatic N) is 1. The second kappa shape index (κ2) is 26.6. The molecule has 0 aliphatic rings. The van der Waals surface area contributed by atoms with Gasteiger partial charge in [0.15, 0.2) is 6.73 Å². The van der Waals surface area contributed by atoms with Gasteiger partial charge in [0, 0.05) is 19.0 Å². The zero-order valence-electron chi connectivity index (χ0n) is 21.4. The first kappa shape index (κ1) is 33.5. The molecule has 0 saturated heterocycles. The highest BCUT2D eigenvalue weighted by Gasteiger charge is 2.24. The van der Waals surface area contributed by atoms with Crippen molar-refractivity contribution in [1.29, 1.82) is 0 Å². The Labute approximate surface area is 198 Å². The van der Waals surface area contributed by atoms with Crippen LogP contribution in [0, 0.1) is 0 Å². The molecule has 0 spiro atoms. The summed E-state index contributed by atoms with van der Waals surface area (Å²) in [6.07, 6.45) is 22.5. The zero-order valence-corrected chi connectivity index (χ0v) is 21.4. The Bertz CT molecular complexity index is 377. The largest absolute Gasteiger partial charge is 0.550 e. The molecule has 0 aromatic carbocycles. The number of rotatable bonds is 23. The lowest BCUT2D eigenvalue weighted by molar-refractivity contribution is -0.945. The fourth-order valence-electron chi connectivity index (χ4n) is 4.16. The summed E-state index contributed by atoms with van der Waals surface area (Å²) in [4.78, 5) is 8.89. The molecular weight excluding hydrogens is 406 g/mol. The quantitative estimate of drug-likeness (QED) is 0.121. The average Bonchev–Trinajstić information content (AvgIpc) is 2.76. The molecule has 1 atom stereocenters. The maximum Gasteiger partial charge on any atom is 0.180 e. The lowest BCUT2D eigenvalue weighted by Crippen LogP contribution is -2.52. The standard InChI is InChI=1S/C24H52NO3.C2H4O2/c1-2-3-4-5-6-7-8-9-10-11-12-13-14-15-16-17-19-25(24-28,21-23-27)20-18-22-26;1-2(3)4/h26-28H,2-24H2,1H3;1H3,(H,3,4)/q+1;/p-1. The molecule has 32 heavy (non-hydrogen) atoms. The summed E-state index contributed by atoms with van der Waals surface area (Å²) in [5.74, 6) is -1.08. The van der Waals surface area contributed by atoms with Crippen molar-refractivity contribution in [2.24, 2.45) is 0 Å². The molecule has 0 saturated carbocycles. The molecule has 0 aromatic heterocycles. The lowest BCUT2D eigenvalue weighted by atomic mass is 10.0. The Kier molecular flexibility index (Phi) is 27.8. The fraction of sp³-hybridized carbons (Fsp3) is 0.962. The van der Waals surface area contributed by atoms with Crippen molar-refractivity contribution < 1.29 is 29.7 Å². The van der Waals surface area contributed by atoms with E-state index < -0.39 is 5.97 Å². The third-order valence-corrected chi connectivity index (χ3v) is 6.15. The van der Waals surface area contributed by atoms with Gasteiger partial charge in [-0.1, -0.05) is 96.8 Å². The molecule has 0 heterocycles. The van der Waals surface area contributed by atoms with E-state index >= 15 is 0 Å². The Balaban J connectivity index is 0. The van der Waals surface area contributed by atoms with Crippen molar-refractivity contribution in [3.05, 3.63) is 0 Å². The van der Waals surface area contributed by atoms with Gasteiger partial charge < -0.3 is 25.2 Å². The van der Waals surface area contributed by atoms with Crippen LogP contribution >= 0.6 is 0 Å². The molecule has 194 valence electrons. The van der Waals surface area contributed by atoms with Crippen LogP contribution in [0.3, 0.4) is 0 Å². The van der Waals surface area contributed by atoms with Gasteiger partial charge in [0.05, 0.1) is 19.7 Å². The van der Waals surface area contributed by atoms with E-state index in [9.17, 15) is 10.2 Å². The van der Waals surface area contributed by atoms with E-state index in [0.717, 1.165) is 26.4 Å². The number of aliphatic hydroxyl groups is 3. The number of aliphatic hydroxyl groups excluding tert-OH is 3. The first-order chi connectivity index (χ1) is 15.5. The number of aliphatic carboxylic acids is 1. The molecule has 6 heteroatoms. The third kappa shape index (κ3) is 25.6. The maximum atomic E-state index is 9.74. The van der Waals surface area contributed by atoms with Gasteiger partial charge in [-0.2, -0.15) is 0 Å². The topological polar surface area (TPSA) is 101 Å². The van der Waals surface area contributed by atoms with Gasteiger partial charge in [-0.05, 0) is 19.8 Å². The van der Waals surface area contributed by atoms with Gasteiger partial charge in [0.2, 0.25) is 0 Å². The number of quaternary nitrogens is 1. The zero-order chi connectivity index (χ0) is 24.3. The summed E-state index contributed by atoms with van der Waals surface area (Å²) in [5, 5.41) is 37.0. The number of hydrogen-bond acceptors (Lipinski definition) is 5. The van der Waals surface area contributed by atoms with Gasteiger partial charge in [-0.25, -0.2) is 0 Å². The molecule has 0 rings (SSSR count). The van der Waals surface area contributed by atoms with Gasteiger partial charge >= 0.3 is 0 Å². The number of unbranched alkanes of at least 4 members (excludes halogenated alkanes) is 15. The third-order valence-electron chi connectivity index (χ3n) is 6.15. The normalized spacial score (nSPS) is 12.8. The highest BCUT2D eigenvalue weighted by Crippen LogP contribution is 2.15. The predicted molar refractivity (Wildman–Crippen MR) is 131 cm³/mol. The predicted octanol–water partition coefficient (Wildman–Crippen LogP) is 4.15. The summed E-state index contributed by atoms with van der Waals surface area (Å²) in [5.41, 5.74) is 0. The van der Waals surface area contributed by atoms with Crippen molar-refractivity contribution in [3.63, 3.8) is 0 Å². The van der Waals surface area contributed by atoms with E-state index in [1.165, 1.54) is 96.3 Å². The van der Waals surface area contributed by atoms with Crippen molar-refractivity contribution in [2.75, 3.05) is 39.6 Å². The molecular formula is C26H55NO5. The lowest BCUT2D eigenvalue weighted by Gasteiger charge is -2.36. The van der Waals surface area contributed by atoms with Gasteiger partial charge in [-0.15, -0.1) is 0 Å². The van der Waals surface area contributed by atoms with Gasteiger partial charge in [-0.3, -0.25) is 4.48 Å². The number of carbonyl (C=O) groups is 1. The summed E-state index contributed by atoms with van der Waals surface area (Å²) in [6.45, 7) is 5.84. The maximum absolute atomic E-state index is 9.74. The summed E-state index contributed by atoms with van der Waals surface area (Å²) in [7, 11) is 0. The van der Waals surface area contributed by atoms with Crippen LogP contribution in [0.25, 0.3) is 0 Å². The molecule has 0 radical (unpaired) electrons. The van der Waals surface area contributed by atoms with E-state index in [2.05, 4.69) is 6.92 Å². The molecule has 0 aliphatic heterocycles. The highest BCUT2D eigenvalue weighted by atomic mass is 16.4. The minimum absolute atomic E-state index is 0.0688. The molecule has 1 unspecified atom stereocenters. The fourth-order valence-corrected chi connectivity index (χ4v) is 4.16. The molecule has 0 amide bonds. The molecule has 0 aliphatic carbocycles. The van der Waals surface area contributed by atoms with Crippen LogP contribution in [0.15, 0.2) is 0 Å². The Hall–Kier alpha value is -0.690. The van der Waals surface area contributed by atoms with Crippen molar-refractivity contribution in [2.45, 2.75) is 123 Å². The Morgan fingerprint density at radius 3 is 1.25 bits per heavy atom. The van der Waals surface area contributed by atoms with Crippen LogP contribution in [0.4, 0.5) is 0 Å². The smallest absolute Gasteiger partial charge is 0.180 e. The minimum atomic E-state index is -1.08. The van der Waals surface area contributed by atoms with E-state index in [-0.39, 0.29) is 19.9 Å². The molecule has 6 nitrogen and oxygen atoms in total. The van der Waals surface area contributed by atoms with E-state index in [1.807, 2.05) is 0 Å². The van der Waals surface area contributed by atoms with Crippen LogP contribution in [-0.2, 0) is 4.79 Å². The van der Waals surface area contributed by atoms with Crippen molar-refractivity contribution in [3.8, 4) is 0 Å². The van der Waals surface area contributed by atoms with Crippen molar-refractivity contribution in [1.82, 2.24) is 0 Å². The van der Waals surface area contributed by atoms with E-state index in [0.29, 0.717) is 17.4 Å². The molecule has 0 fully saturated rings. The van der Waals surface area contributed by atoms with Crippen LogP contribution < -0.4 is 5.11 Å². The summed E-state index contributed by atoms with van der Waals surface area (Å²) >= 11 is 0. The Morgan fingerprint density at radius 2 is 0.938 bits per heavy atom. The Morgan fingerprint density at radius 1 is 0.594 bits per heavy atom. The summed E-state index contributed by atoms with van der Waals surface area (Å²) in [6, 6.07) is 0. The number of carboxylic acids is 1. The SMILES string of the molecule is CC(=O)[O-].CCCCCCCCCCCCCCCCCC[N+](CO)(CCO)CCCO. The second-order valence-corrected chi connectivity index (χ2v) is 9.25. The van der Waals surface area contributed by atoms with Gasteiger partial charge in [0.1, 0.15) is 6.54 Å². The first-order valence-electron chi connectivity index (χ1n) is 13.3. The summed E-state index contributed by atoms with van der Waals surface area (Å²) < 4.78 is 0.537. The molecule has 0 bridgehead atoms. The van der Waals surface area contributed by atoms with Crippen molar-refractivity contribution >= 4 is 5.97 Å². The van der Waals surface area contributed by atoms with E-state index in [1.54, 1.807) is 0 Å². The molecule has 0 aromatic rings. The average molecular weight is 462 g/mol. The highest BCUT2D eigenvalue weighted by molar-refractivity contribution is 5.60. The minimum Gasteiger partial charge on any atom is -0.550 e. The number of carbonyl (C=O) groups excluding carboxylic acids is 1. The van der Waals surface area contributed by atoms with Gasteiger partial charge in [0.25, 0.3) is 0 Å². The van der Waals surface area contributed by atoms with E-state index in [4.69, 9.17) is 15.0 Å². The van der Waals surface area contributed by atoms with Crippen LogP contribution in [-0.4, -0.2) is 65.4 Å². The molecule has 3 N–H and O–H groups in total. The second-order valence-electron chi connectivity index (χ2n) is 9.25. The van der Waals surface area contributed by atoms with Crippen LogP contribution in [0.5, 0.6) is 0 Å². The van der Waals surface area contributed by atoms with Crippen LogP contribution in [0.2, 0.25) is 0 Å². The number of hydrogen-bond donors (Lipinski definition) is 3.